The summed E-state index contributed by atoms with van der Waals surface area (Å²) in [6.07, 6.45) is 28.2. The molecule has 3 heteroatoms. The quantitative estimate of drug-likeness (QED) is 0.319. The molecular formula is C30H42Cl2Zr. The Kier molecular flexibility index (Phi) is 15.9. The van der Waals surface area contributed by atoms with E-state index >= 15 is 0 Å². The summed E-state index contributed by atoms with van der Waals surface area (Å²) in [4.78, 5) is 0. The average Bonchev–Trinajstić information content (AvgIpc) is 3.38. The SMILES string of the molecule is C1=CC2CC(Cc3ccccc3)CC2C=C1.CCCC1CC2C=CC=CC2C1.[CH3-].[CH3-].[Cl][Zr+2][Cl]. The van der Waals surface area contributed by atoms with Gasteiger partial charge in [-0.15, -0.1) is 0 Å². The van der Waals surface area contributed by atoms with Gasteiger partial charge in [-0.1, -0.05) is 98.7 Å². The van der Waals surface area contributed by atoms with E-state index in [1.165, 1.54) is 50.5 Å². The fourth-order valence-corrected chi connectivity index (χ4v) is 5.90. The first-order chi connectivity index (χ1) is 15.2. The summed E-state index contributed by atoms with van der Waals surface area (Å²) >= 11 is -0.826. The standard InChI is InChI=1S/C16H18.C12H18.2CH3.2ClH.Zr/c1-2-6-13(7-3-1)10-14-11-15-8-4-5-9-16(15)12-14;1-2-5-10-8-11-6-3-4-7-12(11)9-10;;;;;/h1-9,14-16H,10-12H2;3-4,6-7,10-12H,2,5,8-9H2,1H3;2*1H3;2*1H;/q;;2*-1;;;+4/p-2. The number of allylic oxidation sites excluding steroid dienone is 8. The molecule has 0 N–H and O–H groups in total. The van der Waals surface area contributed by atoms with Crippen LogP contribution in [0.5, 0.6) is 0 Å². The van der Waals surface area contributed by atoms with Crippen LogP contribution in [-0.4, -0.2) is 0 Å². The second kappa shape index (κ2) is 17.1. The van der Waals surface area contributed by atoms with E-state index in [-0.39, 0.29) is 14.9 Å². The van der Waals surface area contributed by atoms with Gasteiger partial charge in [0, 0.05) is 0 Å². The van der Waals surface area contributed by atoms with E-state index in [0.717, 1.165) is 35.5 Å². The number of rotatable bonds is 4. The number of hydrogen-bond donors (Lipinski definition) is 0. The number of hydrogen-bond acceptors (Lipinski definition) is 0. The van der Waals surface area contributed by atoms with Crippen LogP contribution in [0.3, 0.4) is 0 Å². The molecule has 4 aliphatic rings. The summed E-state index contributed by atoms with van der Waals surface area (Å²) in [5, 5.41) is 0. The van der Waals surface area contributed by atoms with Gasteiger partial charge in [0.25, 0.3) is 0 Å². The first-order valence-electron chi connectivity index (χ1n) is 11.9. The molecule has 0 aromatic heterocycles. The van der Waals surface area contributed by atoms with Gasteiger partial charge in [-0.25, -0.2) is 0 Å². The van der Waals surface area contributed by atoms with Crippen molar-refractivity contribution in [2.24, 2.45) is 35.5 Å². The summed E-state index contributed by atoms with van der Waals surface area (Å²) in [7, 11) is 9.87. The Hall–Kier alpha value is -0.357. The van der Waals surface area contributed by atoms with Crippen molar-refractivity contribution >= 4 is 17.0 Å². The van der Waals surface area contributed by atoms with Crippen molar-refractivity contribution in [3.63, 3.8) is 0 Å². The van der Waals surface area contributed by atoms with Crippen molar-refractivity contribution in [3.05, 3.63) is 99.4 Å². The summed E-state index contributed by atoms with van der Waals surface area (Å²) in [6, 6.07) is 10.9. The molecule has 1 aromatic carbocycles. The molecule has 5 rings (SSSR count). The maximum absolute atomic E-state index is 4.93. The second-order valence-corrected chi connectivity index (χ2v) is 13.2. The molecule has 4 aliphatic carbocycles. The third-order valence-electron chi connectivity index (χ3n) is 7.24. The van der Waals surface area contributed by atoms with E-state index in [2.05, 4.69) is 85.9 Å². The van der Waals surface area contributed by atoms with Crippen LogP contribution in [0.15, 0.2) is 78.9 Å². The van der Waals surface area contributed by atoms with Crippen molar-refractivity contribution in [2.75, 3.05) is 0 Å². The molecule has 0 saturated heterocycles. The van der Waals surface area contributed by atoms with Gasteiger partial charge in [-0.05, 0) is 73.2 Å². The zero-order valence-corrected chi connectivity index (χ0v) is 24.6. The molecule has 1 aromatic rings. The average molecular weight is 565 g/mol. The first-order valence-corrected chi connectivity index (χ1v) is 18.3. The first kappa shape index (κ1) is 30.7. The molecule has 2 saturated carbocycles. The zero-order valence-electron chi connectivity index (χ0n) is 20.7. The van der Waals surface area contributed by atoms with E-state index < -0.39 is 20.8 Å². The molecule has 2 fully saturated rings. The molecule has 0 amide bonds. The van der Waals surface area contributed by atoms with Crippen LogP contribution >= 0.6 is 17.0 Å². The molecule has 0 nitrogen and oxygen atoms in total. The van der Waals surface area contributed by atoms with Gasteiger partial charge in [0.15, 0.2) is 0 Å². The Morgan fingerprint density at radius 1 is 0.697 bits per heavy atom. The predicted molar refractivity (Wildman–Crippen MR) is 146 cm³/mol. The van der Waals surface area contributed by atoms with Gasteiger partial charge >= 0.3 is 37.9 Å². The van der Waals surface area contributed by atoms with Gasteiger partial charge in [0.05, 0.1) is 0 Å². The molecule has 0 spiro atoms. The monoisotopic (exact) mass is 562 g/mol. The van der Waals surface area contributed by atoms with Crippen molar-refractivity contribution in [1.29, 1.82) is 0 Å². The van der Waals surface area contributed by atoms with E-state index in [1.54, 1.807) is 0 Å². The number of fused-ring (bicyclic) bond motifs is 2. The van der Waals surface area contributed by atoms with Crippen LogP contribution in [0.4, 0.5) is 0 Å². The molecule has 0 bridgehead atoms. The van der Waals surface area contributed by atoms with Crippen molar-refractivity contribution in [1.82, 2.24) is 0 Å². The Bertz CT molecular complexity index is 712. The van der Waals surface area contributed by atoms with Crippen LogP contribution in [0.1, 0.15) is 51.0 Å². The topological polar surface area (TPSA) is 0 Å². The Balaban J connectivity index is 0.000000288. The molecule has 4 atom stereocenters. The molecule has 0 aliphatic heterocycles. The van der Waals surface area contributed by atoms with Gasteiger partial charge in [-0.3, -0.25) is 0 Å². The summed E-state index contributed by atoms with van der Waals surface area (Å²) < 4.78 is 0. The Labute approximate surface area is 223 Å². The fraction of sp³-hybridized carbons (Fsp3) is 0.467. The molecular weight excluding hydrogens is 522 g/mol. The van der Waals surface area contributed by atoms with Crippen molar-refractivity contribution in [3.8, 4) is 0 Å². The summed E-state index contributed by atoms with van der Waals surface area (Å²) in [5.41, 5.74) is 1.50. The maximum atomic E-state index is 4.93. The van der Waals surface area contributed by atoms with Gasteiger partial charge in [-0.2, -0.15) is 0 Å². The molecule has 0 heterocycles. The third kappa shape index (κ3) is 10.0. The van der Waals surface area contributed by atoms with Crippen molar-refractivity contribution in [2.45, 2.75) is 51.9 Å². The number of halogens is 2. The van der Waals surface area contributed by atoms with Crippen LogP contribution in [0, 0.1) is 50.4 Å². The van der Waals surface area contributed by atoms with Crippen LogP contribution < -0.4 is 0 Å². The van der Waals surface area contributed by atoms with Gasteiger partial charge < -0.3 is 14.9 Å². The van der Waals surface area contributed by atoms with E-state index in [0.29, 0.717) is 0 Å². The predicted octanol–water partition coefficient (Wildman–Crippen LogP) is 9.83. The fourth-order valence-electron chi connectivity index (χ4n) is 5.90. The van der Waals surface area contributed by atoms with Gasteiger partial charge in [0.1, 0.15) is 0 Å². The van der Waals surface area contributed by atoms with E-state index in [1.807, 2.05) is 0 Å². The minimum atomic E-state index is -0.826. The van der Waals surface area contributed by atoms with Gasteiger partial charge in [0.2, 0.25) is 0 Å². The second-order valence-electron chi connectivity index (χ2n) is 9.42. The van der Waals surface area contributed by atoms with Crippen LogP contribution in [0.2, 0.25) is 0 Å². The molecule has 4 unspecified atom stereocenters. The summed E-state index contributed by atoms with van der Waals surface area (Å²) in [5.74, 6) is 5.29. The van der Waals surface area contributed by atoms with Crippen LogP contribution in [0.25, 0.3) is 0 Å². The normalized spacial score (nSPS) is 29.7. The summed E-state index contributed by atoms with van der Waals surface area (Å²) in [6.45, 7) is 2.30. The van der Waals surface area contributed by atoms with E-state index in [9.17, 15) is 0 Å². The third-order valence-corrected chi connectivity index (χ3v) is 7.24. The molecule has 33 heavy (non-hydrogen) atoms. The van der Waals surface area contributed by atoms with Crippen molar-refractivity contribution < 1.29 is 20.8 Å². The molecule has 180 valence electrons. The Morgan fingerprint density at radius 3 is 1.48 bits per heavy atom. The van der Waals surface area contributed by atoms with E-state index in [4.69, 9.17) is 17.0 Å². The Morgan fingerprint density at radius 2 is 1.09 bits per heavy atom. The molecule has 0 radical (unpaired) electrons. The zero-order chi connectivity index (χ0) is 21.9. The van der Waals surface area contributed by atoms with Crippen LogP contribution in [-0.2, 0) is 27.3 Å². The minimum absolute atomic E-state index is 0. The number of benzene rings is 1.